The molecule has 1 aromatic carbocycles. The van der Waals surface area contributed by atoms with Gasteiger partial charge in [0.2, 0.25) is 0 Å². The van der Waals surface area contributed by atoms with Gasteiger partial charge in [0.1, 0.15) is 5.75 Å². The average molecular weight is 199 g/mol. The minimum Gasteiger partial charge on any atom is -0.508 e. The maximum atomic E-state index is 11.3. The summed E-state index contributed by atoms with van der Waals surface area (Å²) < 4.78 is 0. The molecule has 0 saturated carbocycles. The SMILES string of the molecule is Cc1cc(C)c(C(=O)CCl)cc1O. The number of Topliss-reactive ketones (excluding diaryl/α,β-unsaturated/α-hetero) is 1. The smallest absolute Gasteiger partial charge is 0.177 e. The van der Waals surface area contributed by atoms with Gasteiger partial charge in [-0.15, -0.1) is 11.6 Å². The highest BCUT2D eigenvalue weighted by atomic mass is 35.5. The molecule has 2 nitrogen and oxygen atoms in total. The second-order valence-corrected chi connectivity index (χ2v) is 3.28. The summed E-state index contributed by atoms with van der Waals surface area (Å²) in [6, 6.07) is 3.24. The fourth-order valence-corrected chi connectivity index (χ4v) is 1.36. The fraction of sp³-hybridized carbons (Fsp3) is 0.300. The van der Waals surface area contributed by atoms with Crippen LogP contribution >= 0.6 is 11.6 Å². The highest BCUT2D eigenvalue weighted by molar-refractivity contribution is 6.30. The molecule has 0 heterocycles. The molecule has 0 atom stereocenters. The van der Waals surface area contributed by atoms with Crippen molar-refractivity contribution in [2.45, 2.75) is 13.8 Å². The van der Waals surface area contributed by atoms with Gasteiger partial charge < -0.3 is 5.11 Å². The fourth-order valence-electron chi connectivity index (χ4n) is 1.21. The second-order valence-electron chi connectivity index (χ2n) is 3.01. The number of aryl methyl sites for hydroxylation is 2. The minimum atomic E-state index is -0.158. The van der Waals surface area contributed by atoms with Gasteiger partial charge in [-0.05, 0) is 31.0 Å². The van der Waals surface area contributed by atoms with Gasteiger partial charge in [0.25, 0.3) is 0 Å². The number of halogens is 1. The van der Waals surface area contributed by atoms with Crippen LogP contribution in [0.5, 0.6) is 5.75 Å². The maximum absolute atomic E-state index is 11.3. The van der Waals surface area contributed by atoms with Crippen LogP contribution in [0.3, 0.4) is 0 Å². The molecule has 3 heteroatoms. The van der Waals surface area contributed by atoms with Crippen LogP contribution in [0, 0.1) is 13.8 Å². The van der Waals surface area contributed by atoms with Gasteiger partial charge >= 0.3 is 0 Å². The first-order valence-electron chi connectivity index (χ1n) is 3.95. The van der Waals surface area contributed by atoms with Crippen molar-refractivity contribution in [3.05, 3.63) is 28.8 Å². The van der Waals surface area contributed by atoms with E-state index in [1.165, 1.54) is 6.07 Å². The van der Waals surface area contributed by atoms with E-state index in [1.54, 1.807) is 13.0 Å². The molecule has 13 heavy (non-hydrogen) atoms. The van der Waals surface area contributed by atoms with E-state index in [1.807, 2.05) is 6.92 Å². The van der Waals surface area contributed by atoms with Gasteiger partial charge in [-0.3, -0.25) is 4.79 Å². The third-order valence-corrected chi connectivity index (χ3v) is 2.21. The molecule has 1 rings (SSSR count). The standard InChI is InChI=1S/C10H11ClO2/c1-6-3-7(2)9(12)4-8(6)10(13)5-11/h3-4,12H,5H2,1-2H3. The lowest BCUT2D eigenvalue weighted by molar-refractivity contribution is 0.102. The Morgan fingerprint density at radius 1 is 1.38 bits per heavy atom. The third-order valence-electron chi connectivity index (χ3n) is 1.96. The molecule has 1 aromatic rings. The minimum absolute atomic E-state index is 0.0522. The van der Waals surface area contributed by atoms with Crippen LogP contribution in [-0.2, 0) is 0 Å². The summed E-state index contributed by atoms with van der Waals surface area (Å²) >= 11 is 5.42. The number of benzene rings is 1. The summed E-state index contributed by atoms with van der Waals surface area (Å²) in [7, 11) is 0. The molecule has 0 fully saturated rings. The van der Waals surface area contributed by atoms with Crippen LogP contribution in [0.1, 0.15) is 21.5 Å². The lowest BCUT2D eigenvalue weighted by atomic mass is 10.0. The molecule has 70 valence electrons. The van der Waals surface area contributed by atoms with Gasteiger partial charge in [0, 0.05) is 5.56 Å². The zero-order chi connectivity index (χ0) is 10.0. The molecule has 0 aromatic heterocycles. The Morgan fingerprint density at radius 2 is 2.00 bits per heavy atom. The predicted molar refractivity (Wildman–Crippen MR) is 52.6 cm³/mol. The Bertz CT molecular complexity index is 345. The van der Waals surface area contributed by atoms with Gasteiger partial charge in [-0.1, -0.05) is 6.07 Å². The van der Waals surface area contributed by atoms with Crippen LogP contribution < -0.4 is 0 Å². The van der Waals surface area contributed by atoms with Crippen molar-refractivity contribution in [2.24, 2.45) is 0 Å². The molecule has 0 saturated heterocycles. The Balaban J connectivity index is 3.23. The molecule has 0 amide bonds. The van der Waals surface area contributed by atoms with E-state index < -0.39 is 0 Å². The second kappa shape index (κ2) is 3.79. The van der Waals surface area contributed by atoms with Crippen LogP contribution in [0.25, 0.3) is 0 Å². The van der Waals surface area contributed by atoms with E-state index in [2.05, 4.69) is 0 Å². The number of carbonyl (C=O) groups is 1. The quantitative estimate of drug-likeness (QED) is 0.586. The van der Waals surface area contributed by atoms with Crippen molar-refractivity contribution in [2.75, 3.05) is 5.88 Å². The normalized spacial score (nSPS) is 10.1. The van der Waals surface area contributed by atoms with Gasteiger partial charge in [0.15, 0.2) is 5.78 Å². The van der Waals surface area contributed by atoms with Gasteiger partial charge in [-0.25, -0.2) is 0 Å². The van der Waals surface area contributed by atoms with E-state index >= 15 is 0 Å². The topological polar surface area (TPSA) is 37.3 Å². The lowest BCUT2D eigenvalue weighted by Gasteiger charge is -2.05. The molecule has 0 aliphatic carbocycles. The van der Waals surface area contributed by atoms with Crippen molar-refractivity contribution in [3.63, 3.8) is 0 Å². The highest BCUT2D eigenvalue weighted by Gasteiger charge is 2.09. The van der Waals surface area contributed by atoms with E-state index in [0.717, 1.165) is 11.1 Å². The summed E-state index contributed by atoms with van der Waals surface area (Å²) in [6.07, 6.45) is 0. The van der Waals surface area contributed by atoms with Crippen LogP contribution in [0.2, 0.25) is 0 Å². The molecule has 0 bridgehead atoms. The third kappa shape index (κ3) is 2.01. The first-order chi connectivity index (χ1) is 6.06. The Hall–Kier alpha value is -1.02. The number of carbonyl (C=O) groups excluding carboxylic acids is 1. The van der Waals surface area contributed by atoms with Crippen molar-refractivity contribution in [1.29, 1.82) is 0 Å². The Morgan fingerprint density at radius 3 is 2.54 bits per heavy atom. The average Bonchev–Trinajstić information content (AvgIpc) is 2.10. The summed E-state index contributed by atoms with van der Waals surface area (Å²) in [4.78, 5) is 11.3. The Labute approximate surface area is 82.2 Å². The molecule has 1 N–H and O–H groups in total. The number of alkyl halides is 1. The summed E-state index contributed by atoms with van der Waals surface area (Å²) in [5.74, 6) is -0.0721. The number of ketones is 1. The largest absolute Gasteiger partial charge is 0.508 e. The van der Waals surface area contributed by atoms with E-state index in [4.69, 9.17) is 11.6 Å². The van der Waals surface area contributed by atoms with Gasteiger partial charge in [0.05, 0.1) is 5.88 Å². The monoisotopic (exact) mass is 198 g/mol. The summed E-state index contributed by atoms with van der Waals surface area (Å²) in [5, 5.41) is 9.37. The van der Waals surface area contributed by atoms with Gasteiger partial charge in [-0.2, -0.15) is 0 Å². The number of phenolic OH excluding ortho intramolecular Hbond substituents is 1. The molecule has 0 radical (unpaired) electrons. The lowest BCUT2D eigenvalue weighted by Crippen LogP contribution is -2.03. The zero-order valence-electron chi connectivity index (χ0n) is 7.60. The number of phenols is 1. The molecule has 0 aliphatic rings. The van der Waals surface area contributed by atoms with E-state index in [9.17, 15) is 9.90 Å². The van der Waals surface area contributed by atoms with E-state index in [-0.39, 0.29) is 17.4 Å². The molecular weight excluding hydrogens is 188 g/mol. The van der Waals surface area contributed by atoms with E-state index in [0.29, 0.717) is 5.56 Å². The zero-order valence-corrected chi connectivity index (χ0v) is 8.35. The first-order valence-corrected chi connectivity index (χ1v) is 4.49. The first kappa shape index (κ1) is 10.1. The van der Waals surface area contributed by atoms with Crippen LogP contribution in [-0.4, -0.2) is 16.8 Å². The van der Waals surface area contributed by atoms with Crippen LogP contribution in [0.4, 0.5) is 0 Å². The number of hydrogen-bond acceptors (Lipinski definition) is 2. The Kier molecular flexibility index (Phi) is 2.94. The summed E-state index contributed by atoms with van der Waals surface area (Å²) in [6.45, 7) is 3.61. The molecule has 0 aliphatic heterocycles. The maximum Gasteiger partial charge on any atom is 0.177 e. The number of rotatable bonds is 2. The van der Waals surface area contributed by atoms with Crippen molar-refractivity contribution in [3.8, 4) is 5.75 Å². The van der Waals surface area contributed by atoms with Crippen LogP contribution in [0.15, 0.2) is 12.1 Å². The summed E-state index contributed by atoms with van der Waals surface area (Å²) in [5.41, 5.74) is 2.11. The predicted octanol–water partition coefficient (Wildman–Crippen LogP) is 2.43. The molecular formula is C10H11ClO2. The number of hydrogen-bond donors (Lipinski definition) is 1. The molecule has 0 unspecified atom stereocenters. The van der Waals surface area contributed by atoms with Crippen molar-refractivity contribution in [1.82, 2.24) is 0 Å². The van der Waals surface area contributed by atoms with Crippen molar-refractivity contribution < 1.29 is 9.90 Å². The molecule has 0 spiro atoms. The number of aromatic hydroxyl groups is 1. The van der Waals surface area contributed by atoms with Crippen molar-refractivity contribution >= 4 is 17.4 Å². The highest BCUT2D eigenvalue weighted by Crippen LogP contribution is 2.21.